The van der Waals surface area contributed by atoms with Gasteiger partial charge in [0.25, 0.3) is 0 Å². The largest absolute Gasteiger partial charge is 0.367 e. The molecule has 19 heavy (non-hydrogen) atoms. The Labute approximate surface area is 120 Å². The van der Waals surface area contributed by atoms with Crippen LogP contribution >= 0.6 is 11.6 Å². The van der Waals surface area contributed by atoms with Crippen LogP contribution in [-0.4, -0.2) is 16.6 Å². The predicted octanol–water partition coefficient (Wildman–Crippen LogP) is 4.20. The van der Waals surface area contributed by atoms with E-state index < -0.39 is 0 Å². The van der Waals surface area contributed by atoms with Gasteiger partial charge in [-0.3, -0.25) is 0 Å². The summed E-state index contributed by atoms with van der Waals surface area (Å²) in [6.07, 6.45) is 6.50. The molecule has 0 saturated heterocycles. The molecule has 106 valence electrons. The van der Waals surface area contributed by atoms with Crippen molar-refractivity contribution >= 4 is 11.6 Å². The number of hydrogen-bond donors (Lipinski definition) is 0. The van der Waals surface area contributed by atoms with Crippen LogP contribution in [0.3, 0.4) is 0 Å². The van der Waals surface area contributed by atoms with Gasteiger partial charge in [-0.2, -0.15) is 0 Å². The van der Waals surface area contributed by atoms with Gasteiger partial charge >= 0.3 is 0 Å². The van der Waals surface area contributed by atoms with Gasteiger partial charge in [-0.15, -0.1) is 0 Å². The fourth-order valence-electron chi connectivity index (χ4n) is 3.00. The lowest BCUT2D eigenvalue weighted by Crippen LogP contribution is -2.35. The van der Waals surface area contributed by atoms with Gasteiger partial charge in [0.1, 0.15) is 10.8 Å². The van der Waals surface area contributed by atoms with Crippen LogP contribution in [0.2, 0.25) is 5.15 Å². The zero-order valence-electron chi connectivity index (χ0n) is 12.1. The van der Waals surface area contributed by atoms with E-state index in [0.717, 1.165) is 36.3 Å². The fourth-order valence-corrected chi connectivity index (χ4v) is 3.35. The van der Waals surface area contributed by atoms with Crippen molar-refractivity contribution < 1.29 is 4.74 Å². The van der Waals surface area contributed by atoms with Crippen molar-refractivity contribution in [3.8, 4) is 0 Å². The maximum Gasteiger partial charge on any atom is 0.162 e. The normalized spacial score (nSPS) is 18.5. The topological polar surface area (TPSA) is 35.0 Å². The second-order valence-electron chi connectivity index (χ2n) is 5.24. The molecule has 0 radical (unpaired) electrons. The van der Waals surface area contributed by atoms with E-state index in [1.54, 1.807) is 0 Å². The molecule has 0 amide bonds. The Morgan fingerprint density at radius 2 is 1.84 bits per heavy atom. The second kappa shape index (κ2) is 6.19. The highest BCUT2D eigenvalue weighted by Crippen LogP contribution is 2.39. The van der Waals surface area contributed by atoms with Crippen LogP contribution in [0.15, 0.2) is 0 Å². The van der Waals surface area contributed by atoms with Crippen molar-refractivity contribution in [2.75, 3.05) is 6.61 Å². The van der Waals surface area contributed by atoms with Gasteiger partial charge in [0, 0.05) is 17.9 Å². The molecule has 0 atom stereocenters. The number of halogens is 1. The summed E-state index contributed by atoms with van der Waals surface area (Å²) in [7, 11) is 0. The summed E-state index contributed by atoms with van der Waals surface area (Å²) < 4.78 is 6.06. The van der Waals surface area contributed by atoms with Crippen LogP contribution in [0.1, 0.15) is 63.0 Å². The lowest BCUT2D eigenvalue weighted by Gasteiger charge is -2.35. The van der Waals surface area contributed by atoms with E-state index in [9.17, 15) is 0 Å². The summed E-state index contributed by atoms with van der Waals surface area (Å²) in [4.78, 5) is 9.25. The van der Waals surface area contributed by atoms with E-state index in [1.165, 1.54) is 19.3 Å². The fraction of sp³-hybridized carbons (Fsp3) is 0.733. The molecule has 1 fully saturated rings. The Bertz CT molecular complexity index is 413. The Morgan fingerprint density at radius 1 is 1.16 bits per heavy atom. The van der Waals surface area contributed by atoms with Gasteiger partial charge in [-0.25, -0.2) is 9.97 Å². The van der Waals surface area contributed by atoms with Gasteiger partial charge in [0.2, 0.25) is 0 Å². The summed E-state index contributed by atoms with van der Waals surface area (Å²) in [5.41, 5.74) is 1.73. The van der Waals surface area contributed by atoms with Crippen LogP contribution in [-0.2, 0) is 16.8 Å². The van der Waals surface area contributed by atoms with E-state index in [0.29, 0.717) is 11.8 Å². The van der Waals surface area contributed by atoms with E-state index in [1.807, 2.05) is 13.8 Å². The van der Waals surface area contributed by atoms with Crippen molar-refractivity contribution in [2.45, 2.75) is 64.9 Å². The molecular weight excluding hydrogens is 260 g/mol. The number of rotatable bonds is 4. The van der Waals surface area contributed by atoms with E-state index in [-0.39, 0.29) is 5.60 Å². The lowest BCUT2D eigenvalue weighted by molar-refractivity contribution is -0.0768. The smallest absolute Gasteiger partial charge is 0.162 e. The van der Waals surface area contributed by atoms with Crippen LogP contribution in [0, 0.1) is 6.92 Å². The maximum absolute atomic E-state index is 6.31. The first-order chi connectivity index (χ1) is 9.13. The summed E-state index contributed by atoms with van der Waals surface area (Å²) in [6.45, 7) is 6.81. The molecule has 0 unspecified atom stereocenters. The summed E-state index contributed by atoms with van der Waals surface area (Å²) in [5.74, 6) is 0.786. The number of hydrogen-bond acceptors (Lipinski definition) is 3. The highest BCUT2D eigenvalue weighted by atomic mass is 35.5. The highest BCUT2D eigenvalue weighted by Gasteiger charge is 2.38. The Morgan fingerprint density at radius 3 is 2.37 bits per heavy atom. The van der Waals surface area contributed by atoms with Gasteiger partial charge in [0.15, 0.2) is 5.82 Å². The molecule has 1 saturated carbocycles. The van der Waals surface area contributed by atoms with E-state index in [4.69, 9.17) is 21.3 Å². The number of ether oxygens (including phenoxy) is 1. The van der Waals surface area contributed by atoms with Crippen LogP contribution < -0.4 is 0 Å². The standard InChI is InChI=1S/C15H23ClN2O/c1-4-12-11(3)17-14(18-13(12)16)15(19-5-2)9-7-6-8-10-15/h4-10H2,1-3H3. The average Bonchev–Trinajstić information content (AvgIpc) is 2.40. The summed E-state index contributed by atoms with van der Waals surface area (Å²) in [5, 5.41) is 0.592. The summed E-state index contributed by atoms with van der Waals surface area (Å²) in [6, 6.07) is 0. The molecule has 0 N–H and O–H groups in total. The van der Waals surface area contributed by atoms with Crippen molar-refractivity contribution in [1.82, 2.24) is 9.97 Å². The molecule has 2 rings (SSSR count). The number of aryl methyl sites for hydroxylation is 1. The zero-order chi connectivity index (χ0) is 13.9. The molecule has 0 aromatic carbocycles. The third kappa shape index (κ3) is 2.92. The van der Waals surface area contributed by atoms with Crippen LogP contribution in [0.5, 0.6) is 0 Å². The molecule has 1 aliphatic rings. The van der Waals surface area contributed by atoms with Gasteiger partial charge in [-0.1, -0.05) is 37.8 Å². The molecule has 0 aliphatic heterocycles. The van der Waals surface area contributed by atoms with Crippen molar-refractivity contribution in [2.24, 2.45) is 0 Å². The van der Waals surface area contributed by atoms with Crippen molar-refractivity contribution in [3.63, 3.8) is 0 Å². The number of aromatic nitrogens is 2. The molecule has 3 nitrogen and oxygen atoms in total. The zero-order valence-corrected chi connectivity index (χ0v) is 12.9. The van der Waals surface area contributed by atoms with Gasteiger partial charge in [0.05, 0.1) is 0 Å². The minimum Gasteiger partial charge on any atom is -0.367 e. The van der Waals surface area contributed by atoms with Crippen molar-refractivity contribution in [3.05, 3.63) is 22.2 Å². The first kappa shape index (κ1) is 14.7. The second-order valence-corrected chi connectivity index (χ2v) is 5.60. The van der Waals surface area contributed by atoms with E-state index in [2.05, 4.69) is 11.9 Å². The number of nitrogens with zero attached hydrogens (tertiary/aromatic N) is 2. The molecule has 4 heteroatoms. The summed E-state index contributed by atoms with van der Waals surface area (Å²) >= 11 is 6.31. The quantitative estimate of drug-likeness (QED) is 0.777. The lowest BCUT2D eigenvalue weighted by atomic mass is 9.83. The first-order valence-electron chi connectivity index (χ1n) is 7.30. The van der Waals surface area contributed by atoms with Crippen LogP contribution in [0.25, 0.3) is 0 Å². The van der Waals surface area contributed by atoms with Gasteiger partial charge < -0.3 is 4.74 Å². The Kier molecular flexibility index (Phi) is 4.80. The van der Waals surface area contributed by atoms with Gasteiger partial charge in [-0.05, 0) is 33.1 Å². The molecule has 1 aliphatic carbocycles. The minimum absolute atomic E-state index is 0.312. The highest BCUT2D eigenvalue weighted by molar-refractivity contribution is 6.30. The molecular formula is C15H23ClN2O. The first-order valence-corrected chi connectivity index (χ1v) is 7.68. The third-order valence-electron chi connectivity index (χ3n) is 4.01. The minimum atomic E-state index is -0.312. The third-order valence-corrected chi connectivity index (χ3v) is 4.32. The molecule has 0 spiro atoms. The van der Waals surface area contributed by atoms with Crippen molar-refractivity contribution in [1.29, 1.82) is 0 Å². The predicted molar refractivity (Wildman–Crippen MR) is 77.5 cm³/mol. The van der Waals surface area contributed by atoms with Crippen LogP contribution in [0.4, 0.5) is 0 Å². The maximum atomic E-state index is 6.31. The Balaban J connectivity index is 2.42. The SMILES string of the molecule is CCOC1(c2nc(C)c(CC)c(Cl)n2)CCCCC1. The molecule has 0 bridgehead atoms. The monoisotopic (exact) mass is 282 g/mol. The molecule has 1 aromatic rings. The Hall–Kier alpha value is -0.670. The average molecular weight is 283 g/mol. The molecule has 1 heterocycles. The molecule has 1 aromatic heterocycles. The van der Waals surface area contributed by atoms with E-state index >= 15 is 0 Å².